The van der Waals surface area contributed by atoms with Crippen LogP contribution in [0.4, 0.5) is 5.69 Å². The van der Waals surface area contributed by atoms with Crippen LogP contribution in [0.2, 0.25) is 0 Å². The summed E-state index contributed by atoms with van der Waals surface area (Å²) in [5.74, 6) is 0. The highest BCUT2D eigenvalue weighted by atomic mass is 32.2. The zero-order valence-electron chi connectivity index (χ0n) is 9.97. The maximum atomic E-state index is 11.9. The standard InChI is InChI=1S/C11H18N2O3S/c1-3-9(14)7-13-17(15,16)11-5-4-8(2)6-10(11)12/h4-6,9,13-14H,3,7,12H2,1-2H3. The van der Waals surface area contributed by atoms with Gasteiger partial charge in [0.2, 0.25) is 10.0 Å². The molecule has 0 fully saturated rings. The summed E-state index contributed by atoms with van der Waals surface area (Å²) in [7, 11) is -3.65. The molecule has 1 atom stereocenters. The van der Waals surface area contributed by atoms with E-state index in [1.165, 1.54) is 6.07 Å². The second-order valence-corrected chi connectivity index (χ2v) is 5.69. The van der Waals surface area contributed by atoms with Crippen molar-refractivity contribution >= 4 is 15.7 Å². The van der Waals surface area contributed by atoms with Crippen molar-refractivity contribution in [1.82, 2.24) is 4.72 Å². The summed E-state index contributed by atoms with van der Waals surface area (Å²) < 4.78 is 26.1. The average molecular weight is 258 g/mol. The molecule has 0 amide bonds. The maximum Gasteiger partial charge on any atom is 0.242 e. The van der Waals surface area contributed by atoms with Gasteiger partial charge in [-0.25, -0.2) is 13.1 Å². The van der Waals surface area contributed by atoms with Crippen LogP contribution in [0.15, 0.2) is 23.1 Å². The molecule has 0 spiro atoms. The van der Waals surface area contributed by atoms with Crippen LogP contribution in [-0.2, 0) is 10.0 Å². The third-order valence-electron chi connectivity index (χ3n) is 2.44. The molecule has 0 aliphatic heterocycles. The highest BCUT2D eigenvalue weighted by Crippen LogP contribution is 2.19. The quantitative estimate of drug-likeness (QED) is 0.675. The van der Waals surface area contributed by atoms with Gasteiger partial charge in [-0.2, -0.15) is 0 Å². The molecule has 1 rings (SSSR count). The Labute approximate surface area is 102 Å². The van der Waals surface area contributed by atoms with Crippen LogP contribution in [0.5, 0.6) is 0 Å². The number of aliphatic hydroxyl groups is 1. The monoisotopic (exact) mass is 258 g/mol. The highest BCUT2D eigenvalue weighted by Gasteiger charge is 2.17. The van der Waals surface area contributed by atoms with E-state index in [0.717, 1.165) is 5.56 Å². The molecular formula is C11H18N2O3S. The van der Waals surface area contributed by atoms with Gasteiger partial charge in [-0.15, -0.1) is 0 Å². The third kappa shape index (κ3) is 3.69. The fourth-order valence-electron chi connectivity index (χ4n) is 1.34. The fourth-order valence-corrected chi connectivity index (χ4v) is 2.52. The number of benzene rings is 1. The normalized spacial score (nSPS) is 13.6. The van der Waals surface area contributed by atoms with Gasteiger partial charge >= 0.3 is 0 Å². The van der Waals surface area contributed by atoms with Crippen LogP contribution < -0.4 is 10.5 Å². The van der Waals surface area contributed by atoms with Gasteiger partial charge in [-0.1, -0.05) is 13.0 Å². The second-order valence-electron chi connectivity index (χ2n) is 3.96. The van der Waals surface area contributed by atoms with Crippen LogP contribution in [0.1, 0.15) is 18.9 Å². The number of nitrogens with one attached hydrogen (secondary N) is 1. The molecule has 96 valence electrons. The molecule has 0 radical (unpaired) electrons. The van der Waals surface area contributed by atoms with Crippen LogP contribution in [-0.4, -0.2) is 26.2 Å². The van der Waals surface area contributed by atoms with E-state index in [2.05, 4.69) is 4.72 Å². The minimum absolute atomic E-state index is 0.00779. The number of anilines is 1. The number of aliphatic hydroxyl groups excluding tert-OH is 1. The van der Waals surface area contributed by atoms with Crippen molar-refractivity contribution < 1.29 is 13.5 Å². The van der Waals surface area contributed by atoms with Gasteiger partial charge in [0.25, 0.3) is 0 Å². The fraction of sp³-hybridized carbons (Fsp3) is 0.455. The van der Waals surface area contributed by atoms with Gasteiger partial charge in [-0.05, 0) is 31.0 Å². The molecule has 0 aromatic heterocycles. The predicted molar refractivity (Wildman–Crippen MR) is 67.1 cm³/mol. The Kier molecular flexibility index (Phi) is 4.50. The zero-order chi connectivity index (χ0) is 13.1. The van der Waals surface area contributed by atoms with Crippen molar-refractivity contribution in [1.29, 1.82) is 0 Å². The molecule has 0 bridgehead atoms. The molecule has 0 aliphatic rings. The lowest BCUT2D eigenvalue weighted by Crippen LogP contribution is -2.32. The highest BCUT2D eigenvalue weighted by molar-refractivity contribution is 7.89. The molecule has 17 heavy (non-hydrogen) atoms. The van der Waals surface area contributed by atoms with E-state index in [0.29, 0.717) is 6.42 Å². The van der Waals surface area contributed by atoms with E-state index in [1.807, 2.05) is 6.92 Å². The van der Waals surface area contributed by atoms with Crippen molar-refractivity contribution in [2.24, 2.45) is 0 Å². The molecule has 5 nitrogen and oxygen atoms in total. The minimum Gasteiger partial charge on any atom is -0.398 e. The van der Waals surface area contributed by atoms with Crippen LogP contribution >= 0.6 is 0 Å². The number of nitrogens with two attached hydrogens (primary N) is 1. The van der Waals surface area contributed by atoms with E-state index in [9.17, 15) is 13.5 Å². The van der Waals surface area contributed by atoms with E-state index in [-0.39, 0.29) is 17.1 Å². The number of aryl methyl sites for hydroxylation is 1. The second kappa shape index (κ2) is 5.48. The molecule has 1 unspecified atom stereocenters. The molecule has 0 aliphatic carbocycles. The largest absolute Gasteiger partial charge is 0.398 e. The Bertz CT molecular complexity index is 485. The maximum absolute atomic E-state index is 11.9. The third-order valence-corrected chi connectivity index (χ3v) is 3.93. The van der Waals surface area contributed by atoms with Crippen molar-refractivity contribution in [2.45, 2.75) is 31.3 Å². The number of nitrogen functional groups attached to an aromatic ring is 1. The lowest BCUT2D eigenvalue weighted by atomic mass is 10.2. The predicted octanol–water partition coefficient (Wildman–Crippen LogP) is 0.626. The summed E-state index contributed by atoms with van der Waals surface area (Å²) in [6, 6.07) is 4.75. The van der Waals surface area contributed by atoms with Crippen molar-refractivity contribution in [2.75, 3.05) is 12.3 Å². The van der Waals surface area contributed by atoms with Gasteiger partial charge in [-0.3, -0.25) is 0 Å². The van der Waals surface area contributed by atoms with E-state index < -0.39 is 16.1 Å². The summed E-state index contributed by atoms with van der Waals surface area (Å²) in [4.78, 5) is 0.0476. The van der Waals surface area contributed by atoms with E-state index in [4.69, 9.17) is 5.73 Å². The van der Waals surface area contributed by atoms with Gasteiger partial charge in [0.05, 0.1) is 11.8 Å². The summed E-state index contributed by atoms with van der Waals surface area (Å²) in [6.07, 6.45) is -0.192. The molecule has 6 heteroatoms. The molecule has 1 aromatic rings. The van der Waals surface area contributed by atoms with Gasteiger partial charge in [0.1, 0.15) is 4.90 Å². The van der Waals surface area contributed by atoms with E-state index >= 15 is 0 Å². The smallest absolute Gasteiger partial charge is 0.242 e. The van der Waals surface area contributed by atoms with Crippen LogP contribution in [0.3, 0.4) is 0 Å². The van der Waals surface area contributed by atoms with Crippen LogP contribution in [0, 0.1) is 6.92 Å². The topological polar surface area (TPSA) is 92.4 Å². The van der Waals surface area contributed by atoms with Gasteiger partial charge in [0.15, 0.2) is 0 Å². The number of rotatable bonds is 5. The first kappa shape index (κ1) is 14.0. The molecule has 0 heterocycles. The Hall–Kier alpha value is -1.11. The average Bonchev–Trinajstić information content (AvgIpc) is 2.25. The molecule has 4 N–H and O–H groups in total. The SMILES string of the molecule is CCC(O)CNS(=O)(=O)c1ccc(C)cc1N. The first-order valence-corrected chi connectivity index (χ1v) is 6.89. The van der Waals surface area contributed by atoms with Gasteiger partial charge < -0.3 is 10.8 Å². The number of hydrogen-bond acceptors (Lipinski definition) is 4. The first-order chi connectivity index (χ1) is 7.86. The Morgan fingerprint density at radius 3 is 2.65 bits per heavy atom. The summed E-state index contributed by atoms with van der Waals surface area (Å²) >= 11 is 0. The summed E-state index contributed by atoms with van der Waals surface area (Å²) in [5, 5.41) is 9.32. The molecule has 0 saturated heterocycles. The molecular weight excluding hydrogens is 240 g/mol. The lowest BCUT2D eigenvalue weighted by Gasteiger charge is -2.12. The van der Waals surface area contributed by atoms with E-state index in [1.54, 1.807) is 19.1 Å². The Balaban J connectivity index is 2.90. The number of sulfonamides is 1. The molecule has 1 aromatic carbocycles. The van der Waals surface area contributed by atoms with Gasteiger partial charge in [0, 0.05) is 6.54 Å². The molecule has 0 saturated carbocycles. The Morgan fingerprint density at radius 2 is 2.12 bits per heavy atom. The summed E-state index contributed by atoms with van der Waals surface area (Å²) in [6.45, 7) is 3.60. The zero-order valence-corrected chi connectivity index (χ0v) is 10.8. The first-order valence-electron chi connectivity index (χ1n) is 5.40. The lowest BCUT2D eigenvalue weighted by molar-refractivity contribution is 0.174. The van der Waals surface area contributed by atoms with Crippen LogP contribution in [0.25, 0.3) is 0 Å². The van der Waals surface area contributed by atoms with Crippen molar-refractivity contribution in [3.8, 4) is 0 Å². The Morgan fingerprint density at radius 1 is 1.47 bits per heavy atom. The minimum atomic E-state index is -3.65. The van der Waals surface area contributed by atoms with Crippen molar-refractivity contribution in [3.63, 3.8) is 0 Å². The number of hydrogen-bond donors (Lipinski definition) is 3. The summed E-state index contributed by atoms with van der Waals surface area (Å²) in [5.41, 5.74) is 6.77. The van der Waals surface area contributed by atoms with Crippen molar-refractivity contribution in [3.05, 3.63) is 23.8 Å².